The number of hydrogen-bond donors (Lipinski definition) is 1. The number of hydrogen-bond acceptors (Lipinski definition) is 4. The van der Waals surface area contributed by atoms with E-state index in [-0.39, 0.29) is 23.6 Å². The molecule has 1 aliphatic rings. The zero-order chi connectivity index (χ0) is 20.9. The molecule has 1 saturated carbocycles. The minimum absolute atomic E-state index is 0.107. The topological polar surface area (TPSA) is 81.8 Å². The highest BCUT2D eigenvalue weighted by Gasteiger charge is 2.30. The summed E-state index contributed by atoms with van der Waals surface area (Å²) in [5.74, 6) is 0.0950. The Morgan fingerprint density at radius 2 is 1.97 bits per heavy atom. The summed E-state index contributed by atoms with van der Waals surface area (Å²) >= 11 is 0. The molecular weight excluding hydrogens is 366 g/mol. The van der Waals surface area contributed by atoms with E-state index >= 15 is 0 Å². The lowest BCUT2D eigenvalue weighted by Gasteiger charge is -2.20. The largest absolute Gasteiger partial charge is 0.350 e. The Kier molecular flexibility index (Phi) is 4.56. The summed E-state index contributed by atoms with van der Waals surface area (Å²) in [4.78, 5) is 25.8. The second-order valence-corrected chi connectivity index (χ2v) is 9.03. The van der Waals surface area contributed by atoms with Crippen LogP contribution in [0.1, 0.15) is 56.4 Å². The first-order valence-corrected chi connectivity index (χ1v) is 10.0. The molecule has 0 spiro atoms. The molecule has 1 fully saturated rings. The van der Waals surface area contributed by atoms with E-state index < -0.39 is 0 Å². The highest BCUT2D eigenvalue weighted by molar-refractivity contribution is 5.83. The predicted molar refractivity (Wildman–Crippen MR) is 112 cm³/mol. The molecular formula is C22H27N5O2. The summed E-state index contributed by atoms with van der Waals surface area (Å²) in [6.45, 7) is 9.67. The molecule has 152 valence electrons. The van der Waals surface area contributed by atoms with Crippen LogP contribution in [0.25, 0.3) is 16.6 Å². The van der Waals surface area contributed by atoms with Gasteiger partial charge >= 0.3 is 0 Å². The molecule has 0 saturated heterocycles. The van der Waals surface area contributed by atoms with Crippen LogP contribution < -0.4 is 10.9 Å². The van der Waals surface area contributed by atoms with Crippen LogP contribution >= 0.6 is 0 Å². The molecule has 7 nitrogen and oxygen atoms in total. The van der Waals surface area contributed by atoms with Gasteiger partial charge in [-0.15, -0.1) is 0 Å². The molecule has 0 radical (unpaired) electrons. The minimum atomic E-state index is -0.370. The maximum atomic E-state index is 13.3. The number of carbonyl (C=O) groups excluding carboxylic acids is 1. The zero-order valence-corrected chi connectivity index (χ0v) is 17.6. The third-order valence-electron chi connectivity index (χ3n) is 5.06. The maximum Gasteiger partial charge on any atom is 0.293 e. The van der Waals surface area contributed by atoms with Gasteiger partial charge in [-0.2, -0.15) is 10.2 Å². The Balaban J connectivity index is 1.87. The quantitative estimate of drug-likeness (QED) is 0.739. The van der Waals surface area contributed by atoms with Gasteiger partial charge in [0.25, 0.3) is 5.56 Å². The van der Waals surface area contributed by atoms with Gasteiger partial charge in [0.05, 0.1) is 17.6 Å². The maximum absolute atomic E-state index is 13.3. The summed E-state index contributed by atoms with van der Waals surface area (Å²) in [7, 11) is 0. The van der Waals surface area contributed by atoms with Gasteiger partial charge in [-0.25, -0.2) is 9.36 Å². The molecule has 29 heavy (non-hydrogen) atoms. The van der Waals surface area contributed by atoms with Crippen molar-refractivity contribution in [3.63, 3.8) is 0 Å². The fourth-order valence-electron chi connectivity index (χ4n) is 3.68. The molecule has 4 rings (SSSR count). The van der Waals surface area contributed by atoms with E-state index in [1.807, 2.05) is 46.8 Å². The van der Waals surface area contributed by atoms with Crippen LogP contribution in [0.4, 0.5) is 0 Å². The van der Waals surface area contributed by atoms with E-state index in [0.29, 0.717) is 11.4 Å². The average molecular weight is 393 g/mol. The summed E-state index contributed by atoms with van der Waals surface area (Å²) < 4.78 is 2.98. The molecule has 3 aromatic rings. The van der Waals surface area contributed by atoms with Crippen molar-refractivity contribution in [2.75, 3.05) is 0 Å². The first kappa shape index (κ1) is 19.4. The normalized spacial score (nSPS) is 14.4. The Morgan fingerprint density at radius 1 is 1.24 bits per heavy atom. The van der Waals surface area contributed by atoms with E-state index in [0.717, 1.165) is 40.7 Å². The molecule has 1 aliphatic carbocycles. The van der Waals surface area contributed by atoms with Gasteiger partial charge in [-0.1, -0.05) is 17.7 Å². The predicted octanol–water partition coefficient (Wildman–Crippen LogP) is 2.99. The third-order valence-corrected chi connectivity index (χ3v) is 5.06. The number of carbonyl (C=O) groups is 1. The van der Waals surface area contributed by atoms with Crippen LogP contribution in [0.5, 0.6) is 0 Å². The molecule has 0 aliphatic heterocycles. The van der Waals surface area contributed by atoms with E-state index in [4.69, 9.17) is 0 Å². The fraction of sp³-hybridized carbons (Fsp3) is 0.455. The fourth-order valence-corrected chi connectivity index (χ4v) is 3.68. The van der Waals surface area contributed by atoms with Crippen molar-refractivity contribution >= 4 is 16.8 Å². The van der Waals surface area contributed by atoms with Crippen molar-refractivity contribution in [3.05, 3.63) is 51.6 Å². The molecule has 7 heteroatoms. The van der Waals surface area contributed by atoms with Gasteiger partial charge in [0.15, 0.2) is 0 Å². The zero-order valence-electron chi connectivity index (χ0n) is 17.6. The van der Waals surface area contributed by atoms with E-state index in [9.17, 15) is 9.59 Å². The molecule has 1 aromatic carbocycles. The van der Waals surface area contributed by atoms with Crippen LogP contribution in [-0.4, -0.2) is 31.0 Å². The summed E-state index contributed by atoms with van der Waals surface area (Å²) in [5, 5.41) is 12.8. The second-order valence-electron chi connectivity index (χ2n) is 9.03. The minimum Gasteiger partial charge on any atom is -0.350 e. The average Bonchev–Trinajstić information content (AvgIpc) is 3.35. The molecule has 2 aromatic heterocycles. The highest BCUT2D eigenvalue weighted by Crippen LogP contribution is 2.41. The first-order chi connectivity index (χ1) is 13.6. The second kappa shape index (κ2) is 6.83. The van der Waals surface area contributed by atoms with E-state index in [1.165, 1.54) is 4.68 Å². The van der Waals surface area contributed by atoms with Crippen LogP contribution in [0.3, 0.4) is 0 Å². The van der Waals surface area contributed by atoms with Gasteiger partial charge in [0.2, 0.25) is 5.91 Å². The molecule has 1 amide bonds. The number of nitrogens with zero attached hydrogens (tertiary/aromatic N) is 4. The van der Waals surface area contributed by atoms with Gasteiger partial charge < -0.3 is 5.32 Å². The Morgan fingerprint density at radius 3 is 2.59 bits per heavy atom. The standard InChI is InChI=1S/C22H27N5O2/c1-13-6-9-17(14(2)10-13)27-20-16(11-23-27)19(15-7-8-15)25-26(21(20)29)12-18(28)24-22(3,4)5/h6,9-11,15H,7-8,12H2,1-5H3,(H,24,28). The molecule has 0 bridgehead atoms. The van der Waals surface area contributed by atoms with E-state index in [2.05, 4.69) is 21.6 Å². The van der Waals surface area contributed by atoms with Crippen LogP contribution in [-0.2, 0) is 11.3 Å². The lowest BCUT2D eigenvalue weighted by Crippen LogP contribution is -2.44. The Labute approximate surface area is 169 Å². The number of fused-ring (bicyclic) bond motifs is 1. The van der Waals surface area contributed by atoms with Gasteiger partial charge in [-0.3, -0.25) is 9.59 Å². The van der Waals surface area contributed by atoms with Crippen molar-refractivity contribution in [1.29, 1.82) is 0 Å². The molecule has 0 atom stereocenters. The summed E-state index contributed by atoms with van der Waals surface area (Å²) in [6.07, 6.45) is 3.82. The van der Waals surface area contributed by atoms with Crippen LogP contribution in [0, 0.1) is 13.8 Å². The smallest absolute Gasteiger partial charge is 0.293 e. The lowest BCUT2D eigenvalue weighted by atomic mass is 10.1. The van der Waals surface area contributed by atoms with Crippen molar-refractivity contribution in [1.82, 2.24) is 24.9 Å². The molecule has 1 N–H and O–H groups in total. The summed E-state index contributed by atoms with van der Waals surface area (Å²) in [6, 6.07) is 6.06. The summed E-state index contributed by atoms with van der Waals surface area (Å²) in [5.41, 5.74) is 3.73. The molecule has 2 heterocycles. The SMILES string of the molecule is Cc1ccc(-n2ncc3c(C4CC4)nn(CC(=O)NC(C)(C)C)c(=O)c32)c(C)c1. The Bertz CT molecular complexity index is 1160. The van der Waals surface area contributed by atoms with Gasteiger partial charge in [0, 0.05) is 16.8 Å². The number of amides is 1. The van der Waals surface area contributed by atoms with Crippen LogP contribution in [0.2, 0.25) is 0 Å². The van der Waals surface area contributed by atoms with Crippen molar-refractivity contribution in [3.8, 4) is 5.69 Å². The third kappa shape index (κ3) is 3.81. The number of aryl methyl sites for hydroxylation is 2. The highest BCUT2D eigenvalue weighted by atomic mass is 16.2. The number of nitrogens with one attached hydrogen (secondary N) is 1. The number of benzene rings is 1. The van der Waals surface area contributed by atoms with Gasteiger partial charge in [-0.05, 0) is 59.1 Å². The van der Waals surface area contributed by atoms with Crippen molar-refractivity contribution < 1.29 is 4.79 Å². The Hall–Kier alpha value is -2.96. The van der Waals surface area contributed by atoms with Crippen LogP contribution in [0.15, 0.2) is 29.2 Å². The number of aromatic nitrogens is 4. The van der Waals surface area contributed by atoms with E-state index in [1.54, 1.807) is 10.9 Å². The number of rotatable bonds is 4. The first-order valence-electron chi connectivity index (χ1n) is 10.0. The van der Waals surface area contributed by atoms with Crippen molar-refractivity contribution in [2.24, 2.45) is 0 Å². The van der Waals surface area contributed by atoms with Gasteiger partial charge in [0.1, 0.15) is 12.1 Å². The monoisotopic (exact) mass is 393 g/mol. The molecule has 0 unspecified atom stereocenters. The lowest BCUT2D eigenvalue weighted by molar-refractivity contribution is -0.123. The van der Waals surface area contributed by atoms with Crippen molar-refractivity contribution in [2.45, 2.75) is 65.5 Å².